The van der Waals surface area contributed by atoms with Gasteiger partial charge < -0.3 is 15.6 Å². The molecule has 0 saturated heterocycles. The Morgan fingerprint density at radius 2 is 2.33 bits per heavy atom. The summed E-state index contributed by atoms with van der Waals surface area (Å²) in [7, 11) is 1.87. The molecule has 0 amide bonds. The molecule has 0 radical (unpaired) electrons. The Labute approximate surface area is 106 Å². The molecule has 1 heterocycles. The molecule has 18 heavy (non-hydrogen) atoms. The molecular weight excluding hydrogens is 228 g/mol. The highest BCUT2D eigenvalue weighted by Crippen LogP contribution is 2.08. The number of nitrogens with two attached hydrogens (primary N) is 1. The van der Waals surface area contributed by atoms with Gasteiger partial charge in [-0.2, -0.15) is 0 Å². The van der Waals surface area contributed by atoms with E-state index in [1.165, 1.54) is 5.56 Å². The van der Waals surface area contributed by atoms with Gasteiger partial charge in [0.25, 0.3) is 0 Å². The van der Waals surface area contributed by atoms with Crippen molar-refractivity contribution in [3.8, 4) is 0 Å². The van der Waals surface area contributed by atoms with E-state index in [0.717, 1.165) is 11.5 Å². The summed E-state index contributed by atoms with van der Waals surface area (Å²) in [4.78, 5) is 4.21. The molecule has 1 aromatic heterocycles. The number of nitrogens with one attached hydrogen (secondary N) is 1. The normalized spacial score (nSPS) is 11.6. The van der Waals surface area contributed by atoms with Crippen LogP contribution in [0.4, 0.5) is 5.69 Å². The van der Waals surface area contributed by atoms with Crippen LogP contribution in [0.1, 0.15) is 11.4 Å². The van der Waals surface area contributed by atoms with Crippen LogP contribution in [0.5, 0.6) is 0 Å². The number of nitrogens with zero attached hydrogens (tertiary/aromatic N) is 4. The molecule has 1 aromatic carbocycles. The summed E-state index contributed by atoms with van der Waals surface area (Å²) in [5.41, 5.74) is 7.90. The number of aryl methyl sites for hydroxylation is 2. The van der Waals surface area contributed by atoms with E-state index >= 15 is 0 Å². The third-order valence-electron chi connectivity index (χ3n) is 2.49. The van der Waals surface area contributed by atoms with Gasteiger partial charge in [0.05, 0.1) is 0 Å². The van der Waals surface area contributed by atoms with Gasteiger partial charge in [0.2, 0.25) is 0 Å². The van der Waals surface area contributed by atoms with Crippen LogP contribution >= 0.6 is 0 Å². The quantitative estimate of drug-likeness (QED) is 0.624. The molecule has 0 aliphatic rings. The summed E-state index contributed by atoms with van der Waals surface area (Å²) >= 11 is 0. The van der Waals surface area contributed by atoms with E-state index in [4.69, 9.17) is 5.73 Å². The van der Waals surface area contributed by atoms with Gasteiger partial charge in [-0.3, -0.25) is 0 Å². The molecule has 6 nitrogen and oxygen atoms in total. The molecule has 0 aliphatic heterocycles. The molecule has 94 valence electrons. The fourth-order valence-electron chi connectivity index (χ4n) is 1.52. The molecule has 0 saturated carbocycles. The number of aliphatic imine (C=N–C) groups is 1. The number of anilines is 1. The van der Waals surface area contributed by atoms with E-state index in [9.17, 15) is 0 Å². The molecule has 6 heteroatoms. The van der Waals surface area contributed by atoms with Crippen LogP contribution in [0.2, 0.25) is 0 Å². The minimum Gasteiger partial charge on any atom is -0.370 e. The van der Waals surface area contributed by atoms with Crippen molar-refractivity contribution in [2.45, 2.75) is 13.5 Å². The molecule has 0 spiro atoms. The van der Waals surface area contributed by atoms with Gasteiger partial charge in [-0.1, -0.05) is 12.1 Å². The lowest BCUT2D eigenvalue weighted by atomic mass is 10.2. The van der Waals surface area contributed by atoms with Crippen molar-refractivity contribution in [1.29, 1.82) is 0 Å². The molecule has 0 atom stereocenters. The van der Waals surface area contributed by atoms with Crippen molar-refractivity contribution in [1.82, 2.24) is 14.8 Å². The number of hydrogen-bond donors (Lipinski definition) is 2. The Balaban J connectivity index is 1.99. The van der Waals surface area contributed by atoms with Crippen LogP contribution in [0, 0.1) is 6.92 Å². The average Bonchev–Trinajstić information content (AvgIpc) is 2.72. The van der Waals surface area contributed by atoms with E-state index in [2.05, 4.69) is 20.5 Å². The third kappa shape index (κ3) is 3.07. The first-order valence-corrected chi connectivity index (χ1v) is 5.61. The first-order valence-electron chi connectivity index (χ1n) is 5.61. The smallest absolute Gasteiger partial charge is 0.193 e. The standard InChI is InChI=1S/C12H16N6/c1-9-4-3-5-10(6-9)16-12(13)14-7-11-17-15-8-18(11)2/h3-6,8H,7H2,1-2H3,(H3,13,14,16). The minimum absolute atomic E-state index is 0.364. The van der Waals surface area contributed by atoms with Gasteiger partial charge in [0, 0.05) is 12.7 Å². The zero-order valence-electron chi connectivity index (χ0n) is 10.5. The van der Waals surface area contributed by atoms with Crippen molar-refractivity contribution < 1.29 is 0 Å². The van der Waals surface area contributed by atoms with Crippen LogP contribution in [-0.2, 0) is 13.6 Å². The van der Waals surface area contributed by atoms with Crippen molar-refractivity contribution in [3.05, 3.63) is 42.0 Å². The highest BCUT2D eigenvalue weighted by Gasteiger charge is 2.00. The molecular formula is C12H16N6. The Bertz CT molecular complexity index is 557. The third-order valence-corrected chi connectivity index (χ3v) is 2.49. The number of rotatable bonds is 3. The lowest BCUT2D eigenvalue weighted by Gasteiger charge is -2.06. The molecule has 0 bridgehead atoms. The molecule has 0 aliphatic carbocycles. The second kappa shape index (κ2) is 5.31. The van der Waals surface area contributed by atoms with E-state index < -0.39 is 0 Å². The largest absolute Gasteiger partial charge is 0.370 e. The van der Waals surface area contributed by atoms with Crippen molar-refractivity contribution >= 4 is 11.6 Å². The Morgan fingerprint density at radius 3 is 3.00 bits per heavy atom. The Morgan fingerprint density at radius 1 is 1.50 bits per heavy atom. The number of hydrogen-bond acceptors (Lipinski definition) is 3. The maximum atomic E-state index is 5.80. The highest BCUT2D eigenvalue weighted by molar-refractivity contribution is 5.92. The van der Waals surface area contributed by atoms with E-state index in [1.54, 1.807) is 6.33 Å². The highest BCUT2D eigenvalue weighted by atomic mass is 15.3. The summed E-state index contributed by atoms with van der Waals surface area (Å²) in [6, 6.07) is 7.94. The van der Waals surface area contributed by atoms with Crippen LogP contribution < -0.4 is 11.1 Å². The van der Waals surface area contributed by atoms with E-state index in [-0.39, 0.29) is 0 Å². The van der Waals surface area contributed by atoms with Gasteiger partial charge in [0.15, 0.2) is 11.8 Å². The number of guanidine groups is 1. The summed E-state index contributed by atoms with van der Waals surface area (Å²) < 4.78 is 1.81. The summed E-state index contributed by atoms with van der Waals surface area (Å²) in [6.07, 6.45) is 1.63. The lowest BCUT2D eigenvalue weighted by Crippen LogP contribution is -2.22. The number of aromatic nitrogens is 3. The van der Waals surface area contributed by atoms with Crippen molar-refractivity contribution in [2.75, 3.05) is 5.32 Å². The van der Waals surface area contributed by atoms with Crippen LogP contribution in [0.15, 0.2) is 35.6 Å². The van der Waals surface area contributed by atoms with Crippen molar-refractivity contribution in [2.24, 2.45) is 17.8 Å². The van der Waals surface area contributed by atoms with Gasteiger partial charge in [-0.25, -0.2) is 4.99 Å². The molecule has 0 fully saturated rings. The van der Waals surface area contributed by atoms with Gasteiger partial charge in [-0.15, -0.1) is 10.2 Å². The zero-order chi connectivity index (χ0) is 13.0. The monoisotopic (exact) mass is 244 g/mol. The maximum absolute atomic E-state index is 5.80. The second-order valence-corrected chi connectivity index (χ2v) is 4.05. The van der Waals surface area contributed by atoms with Gasteiger partial charge >= 0.3 is 0 Å². The van der Waals surface area contributed by atoms with Crippen molar-refractivity contribution in [3.63, 3.8) is 0 Å². The van der Waals surface area contributed by atoms with Crippen LogP contribution in [-0.4, -0.2) is 20.7 Å². The summed E-state index contributed by atoms with van der Waals surface area (Å²) in [5, 5.41) is 10.7. The first-order chi connectivity index (χ1) is 8.65. The molecule has 3 N–H and O–H groups in total. The van der Waals surface area contributed by atoms with E-state index in [1.807, 2.05) is 42.8 Å². The fraction of sp³-hybridized carbons (Fsp3) is 0.250. The topological polar surface area (TPSA) is 81.1 Å². The minimum atomic E-state index is 0.364. The first kappa shape index (κ1) is 12.1. The maximum Gasteiger partial charge on any atom is 0.193 e. The average molecular weight is 244 g/mol. The van der Waals surface area contributed by atoms with Crippen LogP contribution in [0.25, 0.3) is 0 Å². The fourth-order valence-corrected chi connectivity index (χ4v) is 1.52. The van der Waals surface area contributed by atoms with Gasteiger partial charge in [0.1, 0.15) is 12.9 Å². The van der Waals surface area contributed by atoms with Crippen LogP contribution in [0.3, 0.4) is 0 Å². The molecule has 2 rings (SSSR count). The summed E-state index contributed by atoms with van der Waals surface area (Å²) in [6.45, 7) is 2.43. The molecule has 0 unspecified atom stereocenters. The Hall–Kier alpha value is -2.37. The molecule has 2 aromatic rings. The zero-order valence-corrected chi connectivity index (χ0v) is 10.5. The SMILES string of the molecule is Cc1cccc(NC(N)=NCc2nncn2C)c1. The lowest BCUT2D eigenvalue weighted by molar-refractivity contribution is 0.792. The Kier molecular flexibility index (Phi) is 3.57. The second-order valence-electron chi connectivity index (χ2n) is 4.05. The van der Waals surface area contributed by atoms with E-state index in [0.29, 0.717) is 12.5 Å². The summed E-state index contributed by atoms with van der Waals surface area (Å²) in [5.74, 6) is 1.13. The number of benzene rings is 1. The van der Waals surface area contributed by atoms with Gasteiger partial charge in [-0.05, 0) is 24.6 Å². The predicted octanol–water partition coefficient (Wildman–Crippen LogP) is 1.05. The predicted molar refractivity (Wildman–Crippen MR) is 71.1 cm³/mol.